The molecule has 0 aromatic rings. The van der Waals surface area contributed by atoms with Crippen molar-refractivity contribution in [2.24, 2.45) is 45.3 Å². The lowest BCUT2D eigenvalue weighted by atomic mass is 9.38. The second kappa shape index (κ2) is 12.1. The molecule has 4 aliphatic carbocycles. The van der Waals surface area contributed by atoms with E-state index in [1.807, 2.05) is 19.9 Å². The number of aliphatic hydroxyl groups excluding tert-OH is 5. The Kier molecular flexibility index (Phi) is 9.42. The van der Waals surface area contributed by atoms with Gasteiger partial charge in [0, 0.05) is 16.7 Å². The van der Waals surface area contributed by atoms with Crippen molar-refractivity contribution in [1.29, 1.82) is 0 Å². The van der Waals surface area contributed by atoms with Gasteiger partial charge in [-0.25, -0.2) is 0 Å². The van der Waals surface area contributed by atoms with Crippen molar-refractivity contribution in [3.8, 4) is 0 Å². The van der Waals surface area contributed by atoms with Crippen LogP contribution in [0.25, 0.3) is 0 Å². The quantitative estimate of drug-likeness (QED) is 0.174. The van der Waals surface area contributed by atoms with Crippen molar-refractivity contribution in [2.45, 2.75) is 142 Å². The fraction of sp³-hybridized carbons (Fsp3) is 0.861. The summed E-state index contributed by atoms with van der Waals surface area (Å²) in [6.07, 6.45) is 4.43. The van der Waals surface area contributed by atoms with E-state index >= 15 is 0 Å². The van der Waals surface area contributed by atoms with Crippen LogP contribution in [0.3, 0.4) is 0 Å². The van der Waals surface area contributed by atoms with Gasteiger partial charge in [-0.15, -0.1) is 0 Å². The Labute approximate surface area is 268 Å². The van der Waals surface area contributed by atoms with Gasteiger partial charge in [-0.1, -0.05) is 58.4 Å². The normalized spacial score (nSPS) is 48.7. The number of aldehydes is 1. The molecule has 0 radical (unpaired) electrons. The van der Waals surface area contributed by atoms with E-state index in [4.69, 9.17) is 9.47 Å². The van der Waals surface area contributed by atoms with Crippen molar-refractivity contribution in [3.05, 3.63) is 23.8 Å². The largest absolute Gasteiger partial charge is 0.394 e. The van der Waals surface area contributed by atoms with E-state index in [2.05, 4.69) is 32.9 Å². The highest BCUT2D eigenvalue weighted by molar-refractivity contribution is 5.65. The summed E-state index contributed by atoms with van der Waals surface area (Å²) < 4.78 is 12.5. The number of rotatable bonds is 8. The van der Waals surface area contributed by atoms with Crippen LogP contribution < -0.4 is 0 Å². The van der Waals surface area contributed by atoms with Gasteiger partial charge in [0.1, 0.15) is 30.7 Å². The molecule has 45 heavy (non-hydrogen) atoms. The van der Waals surface area contributed by atoms with Gasteiger partial charge in [-0.3, -0.25) is 0 Å². The highest BCUT2D eigenvalue weighted by Crippen LogP contribution is 2.75. The Hall–Kier alpha value is -1.17. The lowest BCUT2D eigenvalue weighted by molar-refractivity contribution is -0.321. The van der Waals surface area contributed by atoms with Crippen LogP contribution in [0.5, 0.6) is 0 Å². The van der Waals surface area contributed by atoms with Gasteiger partial charge in [-0.2, -0.15) is 0 Å². The molecule has 0 aromatic carbocycles. The van der Waals surface area contributed by atoms with E-state index in [0.29, 0.717) is 31.1 Å². The van der Waals surface area contributed by atoms with Crippen LogP contribution in [0.4, 0.5) is 0 Å². The molecule has 9 heteroatoms. The predicted octanol–water partition coefficient (Wildman–Crippen LogP) is 3.28. The summed E-state index contributed by atoms with van der Waals surface area (Å²) in [7, 11) is 0. The summed E-state index contributed by atoms with van der Waals surface area (Å²) in [5.41, 5.74) is -1.68. The molecule has 3 saturated carbocycles. The van der Waals surface area contributed by atoms with Crippen molar-refractivity contribution in [3.63, 3.8) is 0 Å². The number of carbonyl (C=O) groups is 1. The van der Waals surface area contributed by atoms with Crippen molar-refractivity contribution in [1.82, 2.24) is 0 Å². The molecule has 0 amide bonds. The number of fused-ring (bicyclic) bond motifs is 5. The second-order valence-corrected chi connectivity index (χ2v) is 16.7. The smallest absolute Gasteiger partial charge is 0.187 e. The number of carbonyl (C=O) groups excluding carboxylic acids is 1. The standard InChI is InChI=1S/C36H58O9/c1-20(9-8-13-32(2,3)43)21-12-14-35(7)30-24(44-31-29(42)28(41)27(40)25(18-37)45-31)17-23-22(10-11-26(39)33(23,4)5)36(30,19-38)16-15-34(21,35)6/h8,13,17,19-22,24-31,37,39-43H,9-12,14-16,18H2,1-7H3/t20-,21-,22?,24+,25-,26+,27-,28+,29-,30+,31-,34-,35+,36-/m1/s1. The molecule has 1 saturated heterocycles. The van der Waals surface area contributed by atoms with E-state index in [1.54, 1.807) is 13.8 Å². The van der Waals surface area contributed by atoms with E-state index < -0.39 is 66.0 Å². The molecule has 1 heterocycles. The third kappa shape index (κ3) is 5.51. The Bertz CT molecular complexity index is 1160. The average Bonchev–Trinajstić information content (AvgIpc) is 3.25. The van der Waals surface area contributed by atoms with Crippen LogP contribution in [0.1, 0.15) is 93.4 Å². The number of allylic oxidation sites excluding steroid dienone is 1. The van der Waals surface area contributed by atoms with Crippen LogP contribution in [-0.4, -0.2) is 92.0 Å². The molecule has 5 aliphatic rings. The van der Waals surface area contributed by atoms with Crippen LogP contribution in [-0.2, 0) is 14.3 Å². The van der Waals surface area contributed by atoms with Gasteiger partial charge in [0.2, 0.25) is 0 Å². The Morgan fingerprint density at radius 2 is 1.69 bits per heavy atom. The average molecular weight is 635 g/mol. The minimum Gasteiger partial charge on any atom is -0.394 e. The maximum atomic E-state index is 13.7. The van der Waals surface area contributed by atoms with Gasteiger partial charge in [0.05, 0.1) is 24.4 Å². The zero-order valence-corrected chi connectivity index (χ0v) is 28.2. The number of ether oxygens (including phenoxy) is 2. The third-order valence-corrected chi connectivity index (χ3v) is 13.5. The van der Waals surface area contributed by atoms with Crippen LogP contribution in [0.2, 0.25) is 0 Å². The first kappa shape index (κ1) is 35.1. The van der Waals surface area contributed by atoms with E-state index in [-0.39, 0.29) is 22.7 Å². The topological polar surface area (TPSA) is 157 Å². The van der Waals surface area contributed by atoms with Crippen molar-refractivity contribution in [2.75, 3.05) is 6.61 Å². The summed E-state index contributed by atoms with van der Waals surface area (Å²) in [5, 5.41) is 63.2. The minimum absolute atomic E-state index is 0.0550. The molecule has 0 spiro atoms. The summed E-state index contributed by atoms with van der Waals surface area (Å²) in [5.74, 6) is 0.405. The summed E-state index contributed by atoms with van der Waals surface area (Å²) in [6, 6.07) is 0. The molecule has 5 rings (SSSR count). The van der Waals surface area contributed by atoms with E-state index in [9.17, 15) is 35.4 Å². The molecule has 0 aromatic heterocycles. The first-order chi connectivity index (χ1) is 20.9. The van der Waals surface area contributed by atoms with Crippen molar-refractivity contribution >= 4 is 6.29 Å². The molecule has 9 nitrogen and oxygen atoms in total. The highest BCUT2D eigenvalue weighted by atomic mass is 16.7. The molecule has 6 N–H and O–H groups in total. The Balaban J connectivity index is 1.58. The van der Waals surface area contributed by atoms with Crippen LogP contribution in [0, 0.1) is 45.3 Å². The molecular formula is C36H58O9. The van der Waals surface area contributed by atoms with Crippen molar-refractivity contribution < 1.29 is 44.9 Å². The molecular weight excluding hydrogens is 576 g/mol. The number of aliphatic hydroxyl groups is 6. The van der Waals surface area contributed by atoms with E-state index in [0.717, 1.165) is 31.3 Å². The van der Waals surface area contributed by atoms with Crippen LogP contribution in [0.15, 0.2) is 23.8 Å². The molecule has 4 fully saturated rings. The van der Waals surface area contributed by atoms with Crippen LogP contribution >= 0.6 is 0 Å². The van der Waals surface area contributed by atoms with E-state index in [1.165, 1.54) is 6.29 Å². The summed E-state index contributed by atoms with van der Waals surface area (Å²) >= 11 is 0. The molecule has 14 atom stereocenters. The zero-order chi connectivity index (χ0) is 33.3. The van der Waals surface area contributed by atoms with Gasteiger partial charge >= 0.3 is 0 Å². The minimum atomic E-state index is -1.57. The Morgan fingerprint density at radius 1 is 1.00 bits per heavy atom. The van der Waals surface area contributed by atoms with Gasteiger partial charge in [0.15, 0.2) is 6.29 Å². The maximum Gasteiger partial charge on any atom is 0.187 e. The summed E-state index contributed by atoms with van der Waals surface area (Å²) in [6.45, 7) is 14.0. The number of hydrogen-bond donors (Lipinski definition) is 6. The number of hydrogen-bond acceptors (Lipinski definition) is 9. The first-order valence-corrected chi connectivity index (χ1v) is 17.1. The fourth-order valence-corrected chi connectivity index (χ4v) is 10.7. The monoisotopic (exact) mass is 634 g/mol. The lowest BCUT2D eigenvalue weighted by Crippen LogP contribution is -2.66. The van der Waals surface area contributed by atoms with Gasteiger partial charge < -0.3 is 44.9 Å². The predicted molar refractivity (Wildman–Crippen MR) is 169 cm³/mol. The summed E-state index contributed by atoms with van der Waals surface area (Å²) in [4.78, 5) is 13.7. The third-order valence-electron chi connectivity index (χ3n) is 13.5. The highest BCUT2D eigenvalue weighted by Gasteiger charge is 2.71. The lowest BCUT2D eigenvalue weighted by Gasteiger charge is -2.66. The maximum absolute atomic E-state index is 13.7. The molecule has 1 unspecified atom stereocenters. The SMILES string of the molecule is C[C@H](CC=CC(C)(C)O)[C@H]1CC[C@@]2(C)[C@@H]3[C@@H](O[C@@H]4O[C@H](CO)[C@@H](O)[C@H](O)[C@H]4O)C=C4C(CC[C@H](O)C4(C)C)[C@]3(C=O)CC[C@]12C. The first-order valence-electron chi connectivity index (χ1n) is 17.1. The molecule has 0 bridgehead atoms. The van der Waals surface area contributed by atoms with Gasteiger partial charge in [0.25, 0.3) is 0 Å². The van der Waals surface area contributed by atoms with Gasteiger partial charge in [-0.05, 0) is 87.4 Å². The fourth-order valence-electron chi connectivity index (χ4n) is 10.7. The molecule has 1 aliphatic heterocycles. The zero-order valence-electron chi connectivity index (χ0n) is 28.2. The molecule has 256 valence electrons. The second-order valence-electron chi connectivity index (χ2n) is 16.7. The Morgan fingerprint density at radius 3 is 2.31 bits per heavy atom.